The highest BCUT2D eigenvalue weighted by molar-refractivity contribution is 6.32. The summed E-state index contributed by atoms with van der Waals surface area (Å²) in [5, 5.41) is 6.54. The lowest BCUT2D eigenvalue weighted by Crippen LogP contribution is -2.08. The second kappa shape index (κ2) is 8.78. The molecule has 0 aliphatic rings. The predicted octanol–water partition coefficient (Wildman–Crippen LogP) is 4.39. The summed E-state index contributed by atoms with van der Waals surface area (Å²) < 4.78 is 0. The summed E-state index contributed by atoms with van der Waals surface area (Å²) in [7, 11) is 0. The van der Waals surface area contributed by atoms with Crippen LogP contribution in [-0.2, 0) is 11.3 Å². The molecule has 0 aliphatic carbocycles. The van der Waals surface area contributed by atoms with Crippen LogP contribution >= 0.6 is 11.6 Å². The van der Waals surface area contributed by atoms with Crippen LogP contribution < -0.4 is 10.6 Å². The Morgan fingerprint density at radius 1 is 1.04 bits per heavy atom. The lowest BCUT2D eigenvalue weighted by atomic mass is 10.2. The second-order valence-electron chi connectivity index (χ2n) is 5.45. The fourth-order valence-corrected chi connectivity index (χ4v) is 2.41. The van der Waals surface area contributed by atoms with Crippen molar-refractivity contribution < 1.29 is 4.79 Å². The van der Waals surface area contributed by atoms with E-state index in [1.807, 2.05) is 36.4 Å². The van der Waals surface area contributed by atoms with Crippen LogP contribution in [0.1, 0.15) is 11.3 Å². The molecule has 2 N–H and O–H groups in total. The van der Waals surface area contributed by atoms with Gasteiger partial charge in [-0.25, -0.2) is 4.98 Å². The fraction of sp³-hybridized carbons (Fsp3) is 0.0500. The summed E-state index contributed by atoms with van der Waals surface area (Å²) in [5.41, 5.74) is 2.33. The zero-order valence-corrected chi connectivity index (χ0v) is 14.6. The van der Waals surface area contributed by atoms with E-state index in [0.717, 1.165) is 11.3 Å². The van der Waals surface area contributed by atoms with Gasteiger partial charge in [0, 0.05) is 17.3 Å². The van der Waals surface area contributed by atoms with E-state index in [2.05, 4.69) is 20.6 Å². The molecule has 2 heterocycles. The number of nitrogens with one attached hydrogen (secondary N) is 2. The molecule has 3 aromatic rings. The first-order chi connectivity index (χ1) is 12.7. The van der Waals surface area contributed by atoms with Crippen LogP contribution in [0.15, 0.2) is 73.1 Å². The lowest BCUT2D eigenvalue weighted by molar-refractivity contribution is -0.111. The van der Waals surface area contributed by atoms with Crippen LogP contribution in [0.5, 0.6) is 0 Å². The topological polar surface area (TPSA) is 66.9 Å². The zero-order chi connectivity index (χ0) is 18.2. The van der Waals surface area contributed by atoms with E-state index in [1.54, 1.807) is 36.7 Å². The normalized spacial score (nSPS) is 10.7. The monoisotopic (exact) mass is 364 g/mol. The standard InChI is InChI=1S/C20H17ClN4O/c21-18-7-2-1-5-15(18)8-11-20(26)25-17-9-10-19(24-14-17)23-13-16-6-3-4-12-22-16/h1-12,14H,13H2,(H,23,24)(H,25,26). The van der Waals surface area contributed by atoms with E-state index < -0.39 is 0 Å². The molecule has 0 saturated heterocycles. The number of benzene rings is 1. The van der Waals surface area contributed by atoms with Crippen LogP contribution in [0.3, 0.4) is 0 Å². The van der Waals surface area contributed by atoms with Gasteiger partial charge in [-0.15, -0.1) is 0 Å². The van der Waals surface area contributed by atoms with Crippen molar-refractivity contribution >= 4 is 35.1 Å². The number of hydrogen-bond donors (Lipinski definition) is 2. The Bertz CT molecular complexity index is 895. The van der Waals surface area contributed by atoms with Gasteiger partial charge in [-0.05, 0) is 42.0 Å². The van der Waals surface area contributed by atoms with E-state index in [4.69, 9.17) is 11.6 Å². The predicted molar refractivity (Wildman–Crippen MR) is 105 cm³/mol. The molecule has 1 amide bonds. The molecule has 0 aliphatic heterocycles. The molecule has 2 aromatic heterocycles. The lowest BCUT2D eigenvalue weighted by Gasteiger charge is -2.06. The van der Waals surface area contributed by atoms with Crippen molar-refractivity contribution in [1.29, 1.82) is 0 Å². The second-order valence-corrected chi connectivity index (χ2v) is 5.86. The number of aromatic nitrogens is 2. The molecule has 26 heavy (non-hydrogen) atoms. The maximum Gasteiger partial charge on any atom is 0.248 e. The van der Waals surface area contributed by atoms with Gasteiger partial charge in [0.2, 0.25) is 5.91 Å². The van der Waals surface area contributed by atoms with E-state index in [0.29, 0.717) is 23.1 Å². The molecule has 5 nitrogen and oxygen atoms in total. The van der Waals surface area contributed by atoms with Gasteiger partial charge in [0.25, 0.3) is 0 Å². The number of pyridine rings is 2. The Morgan fingerprint density at radius 3 is 2.62 bits per heavy atom. The number of anilines is 2. The molecule has 0 saturated carbocycles. The van der Waals surface area contributed by atoms with Crippen molar-refractivity contribution in [3.8, 4) is 0 Å². The van der Waals surface area contributed by atoms with Crippen molar-refractivity contribution in [3.05, 3.63) is 89.3 Å². The minimum atomic E-state index is -0.249. The average molecular weight is 365 g/mol. The molecule has 0 unspecified atom stereocenters. The van der Waals surface area contributed by atoms with Gasteiger partial charge in [-0.2, -0.15) is 0 Å². The molecule has 0 bridgehead atoms. The summed E-state index contributed by atoms with van der Waals surface area (Å²) in [4.78, 5) is 20.5. The van der Waals surface area contributed by atoms with Gasteiger partial charge in [-0.3, -0.25) is 9.78 Å². The van der Waals surface area contributed by atoms with Gasteiger partial charge < -0.3 is 10.6 Å². The first kappa shape index (κ1) is 17.6. The molecule has 1 aromatic carbocycles. The van der Waals surface area contributed by atoms with Gasteiger partial charge in [0.05, 0.1) is 24.1 Å². The summed E-state index contributed by atoms with van der Waals surface area (Å²) >= 11 is 6.05. The summed E-state index contributed by atoms with van der Waals surface area (Å²) in [6.45, 7) is 0.583. The van der Waals surface area contributed by atoms with Crippen LogP contribution in [0.25, 0.3) is 6.08 Å². The van der Waals surface area contributed by atoms with Crippen molar-refractivity contribution in [1.82, 2.24) is 9.97 Å². The summed E-state index contributed by atoms with van der Waals surface area (Å²) in [5.74, 6) is 0.459. The van der Waals surface area contributed by atoms with E-state index in [-0.39, 0.29) is 5.91 Å². The third kappa shape index (κ3) is 5.16. The molecule has 3 rings (SSSR count). The molecule has 0 spiro atoms. The molecule has 6 heteroatoms. The largest absolute Gasteiger partial charge is 0.364 e. The van der Waals surface area contributed by atoms with Crippen molar-refractivity contribution in [2.75, 3.05) is 10.6 Å². The van der Waals surface area contributed by atoms with Gasteiger partial charge in [0.15, 0.2) is 0 Å². The Balaban J connectivity index is 1.53. The van der Waals surface area contributed by atoms with Crippen LogP contribution in [0.2, 0.25) is 5.02 Å². The van der Waals surface area contributed by atoms with Crippen molar-refractivity contribution in [3.63, 3.8) is 0 Å². The maximum atomic E-state index is 12.0. The summed E-state index contributed by atoms with van der Waals surface area (Å²) in [6, 6.07) is 16.7. The molecule has 0 radical (unpaired) electrons. The molecule has 0 atom stereocenters. The first-order valence-corrected chi connectivity index (χ1v) is 8.42. The zero-order valence-electron chi connectivity index (χ0n) is 13.9. The quantitative estimate of drug-likeness (QED) is 0.636. The van der Waals surface area contributed by atoms with Gasteiger partial charge >= 0.3 is 0 Å². The SMILES string of the molecule is O=C(C=Cc1ccccc1Cl)Nc1ccc(NCc2ccccn2)nc1. The Morgan fingerprint density at radius 2 is 1.88 bits per heavy atom. The van der Waals surface area contributed by atoms with Gasteiger partial charge in [-0.1, -0.05) is 35.9 Å². The number of nitrogens with zero attached hydrogens (tertiary/aromatic N) is 2. The number of carbonyl (C=O) groups excluding carboxylic acids is 1. The minimum Gasteiger partial charge on any atom is -0.364 e. The molecule has 0 fully saturated rings. The molecule has 130 valence electrons. The van der Waals surface area contributed by atoms with Crippen molar-refractivity contribution in [2.45, 2.75) is 6.54 Å². The number of halogens is 1. The maximum absolute atomic E-state index is 12.0. The number of carbonyl (C=O) groups is 1. The number of hydrogen-bond acceptors (Lipinski definition) is 4. The molecular formula is C20H17ClN4O. The summed E-state index contributed by atoms with van der Waals surface area (Å²) in [6.07, 6.45) is 6.46. The highest BCUT2D eigenvalue weighted by atomic mass is 35.5. The van der Waals surface area contributed by atoms with Crippen molar-refractivity contribution in [2.24, 2.45) is 0 Å². The fourth-order valence-electron chi connectivity index (χ4n) is 2.22. The van der Waals surface area contributed by atoms with E-state index in [9.17, 15) is 4.79 Å². The van der Waals surface area contributed by atoms with E-state index >= 15 is 0 Å². The van der Waals surface area contributed by atoms with Crippen LogP contribution in [0.4, 0.5) is 11.5 Å². The third-order valence-corrected chi connectivity index (χ3v) is 3.87. The average Bonchev–Trinajstić information content (AvgIpc) is 2.68. The third-order valence-electron chi connectivity index (χ3n) is 3.53. The van der Waals surface area contributed by atoms with Gasteiger partial charge in [0.1, 0.15) is 5.82 Å². The first-order valence-electron chi connectivity index (χ1n) is 8.04. The Hall–Kier alpha value is -3.18. The highest BCUT2D eigenvalue weighted by Crippen LogP contribution is 2.16. The van der Waals surface area contributed by atoms with Crippen LogP contribution in [-0.4, -0.2) is 15.9 Å². The Labute approximate surface area is 156 Å². The number of amides is 1. The number of rotatable bonds is 6. The minimum absolute atomic E-state index is 0.249. The smallest absolute Gasteiger partial charge is 0.248 e. The van der Waals surface area contributed by atoms with E-state index in [1.165, 1.54) is 6.08 Å². The van der Waals surface area contributed by atoms with Crippen LogP contribution in [0, 0.1) is 0 Å². The Kier molecular flexibility index (Phi) is 5.96. The highest BCUT2D eigenvalue weighted by Gasteiger charge is 2.01. The molecular weight excluding hydrogens is 348 g/mol.